The number of hydrogen-bond acceptors (Lipinski definition) is 3. The third kappa shape index (κ3) is 2.99. The molecule has 1 aromatic heterocycles. The summed E-state index contributed by atoms with van der Waals surface area (Å²) in [5.74, 6) is 3.29. The molecule has 2 heterocycles. The number of aryl methyl sites for hydroxylation is 1. The van der Waals surface area contributed by atoms with Gasteiger partial charge in [-0.25, -0.2) is 0 Å². The van der Waals surface area contributed by atoms with Crippen LogP contribution in [0.1, 0.15) is 35.8 Å². The van der Waals surface area contributed by atoms with Gasteiger partial charge in [0.05, 0.1) is 6.10 Å². The van der Waals surface area contributed by atoms with Gasteiger partial charge in [-0.05, 0) is 60.6 Å². The van der Waals surface area contributed by atoms with E-state index in [1.165, 1.54) is 29.2 Å². The number of aliphatic hydroxyl groups excluding tert-OH is 1. The van der Waals surface area contributed by atoms with Crippen LogP contribution in [-0.2, 0) is 0 Å². The molecule has 84 valence electrons. The smallest absolute Gasteiger partial charge is 0.0803 e. The molecule has 1 N–H and O–H groups in total. The normalized spacial score (nSPS) is 20.4. The molecular weight excluding hydrogens is 224 g/mol. The van der Waals surface area contributed by atoms with Gasteiger partial charge in [0, 0.05) is 4.88 Å². The van der Waals surface area contributed by atoms with Crippen LogP contribution in [0.15, 0.2) is 11.4 Å². The first-order valence-electron chi connectivity index (χ1n) is 5.57. The van der Waals surface area contributed by atoms with Crippen molar-refractivity contribution in [2.24, 2.45) is 5.92 Å². The van der Waals surface area contributed by atoms with Gasteiger partial charge in [-0.2, -0.15) is 11.8 Å². The summed E-state index contributed by atoms with van der Waals surface area (Å²) < 4.78 is 0. The Morgan fingerprint density at radius 2 is 2.20 bits per heavy atom. The van der Waals surface area contributed by atoms with E-state index in [2.05, 4.69) is 18.4 Å². The molecule has 1 fully saturated rings. The molecule has 1 aliphatic rings. The maximum atomic E-state index is 10.1. The predicted molar refractivity (Wildman–Crippen MR) is 68.7 cm³/mol. The third-order valence-electron chi connectivity index (χ3n) is 3.16. The zero-order valence-electron chi connectivity index (χ0n) is 9.11. The lowest BCUT2D eigenvalue weighted by Gasteiger charge is -2.23. The molecule has 0 saturated carbocycles. The van der Waals surface area contributed by atoms with Crippen LogP contribution in [0.4, 0.5) is 0 Å². The summed E-state index contributed by atoms with van der Waals surface area (Å²) in [5.41, 5.74) is 1.15. The van der Waals surface area contributed by atoms with Crippen molar-refractivity contribution in [1.29, 1.82) is 0 Å². The van der Waals surface area contributed by atoms with E-state index in [0.29, 0.717) is 0 Å². The van der Waals surface area contributed by atoms with Gasteiger partial charge in [-0.3, -0.25) is 0 Å². The molecule has 1 saturated heterocycles. The minimum atomic E-state index is -0.232. The molecule has 1 aliphatic heterocycles. The van der Waals surface area contributed by atoms with E-state index >= 15 is 0 Å². The van der Waals surface area contributed by atoms with Crippen LogP contribution in [0.2, 0.25) is 0 Å². The van der Waals surface area contributed by atoms with E-state index in [1.54, 1.807) is 11.3 Å². The lowest BCUT2D eigenvalue weighted by atomic mass is 9.93. The van der Waals surface area contributed by atoms with E-state index in [9.17, 15) is 5.11 Å². The fourth-order valence-corrected chi connectivity index (χ4v) is 4.13. The molecule has 0 spiro atoms. The van der Waals surface area contributed by atoms with Crippen molar-refractivity contribution < 1.29 is 5.11 Å². The average Bonchev–Trinajstić information content (AvgIpc) is 2.66. The van der Waals surface area contributed by atoms with Crippen LogP contribution < -0.4 is 0 Å². The Balaban J connectivity index is 1.91. The van der Waals surface area contributed by atoms with Crippen LogP contribution in [0.5, 0.6) is 0 Å². The molecule has 0 radical (unpaired) electrons. The molecule has 3 heteroatoms. The van der Waals surface area contributed by atoms with Crippen LogP contribution in [-0.4, -0.2) is 16.6 Å². The van der Waals surface area contributed by atoms with Crippen molar-refractivity contribution in [3.8, 4) is 0 Å². The summed E-state index contributed by atoms with van der Waals surface area (Å²) in [6.45, 7) is 2.10. The van der Waals surface area contributed by atoms with Crippen molar-refractivity contribution >= 4 is 23.1 Å². The summed E-state index contributed by atoms with van der Waals surface area (Å²) in [5, 5.41) is 12.2. The molecule has 2 rings (SSSR count). The number of thiophene rings is 1. The van der Waals surface area contributed by atoms with E-state index < -0.39 is 0 Å². The van der Waals surface area contributed by atoms with E-state index in [-0.39, 0.29) is 6.10 Å². The first-order chi connectivity index (χ1) is 7.27. The second-order valence-electron chi connectivity index (χ2n) is 4.24. The monoisotopic (exact) mass is 242 g/mol. The van der Waals surface area contributed by atoms with Gasteiger partial charge in [0.25, 0.3) is 0 Å². The summed E-state index contributed by atoms with van der Waals surface area (Å²) in [6, 6.07) is 2.07. The first kappa shape index (κ1) is 11.5. The van der Waals surface area contributed by atoms with Crippen molar-refractivity contribution in [3.63, 3.8) is 0 Å². The largest absolute Gasteiger partial charge is 0.388 e. The van der Waals surface area contributed by atoms with Gasteiger partial charge in [0.2, 0.25) is 0 Å². The Kier molecular flexibility index (Phi) is 4.12. The average molecular weight is 242 g/mol. The molecule has 0 aromatic carbocycles. The molecule has 1 unspecified atom stereocenters. The van der Waals surface area contributed by atoms with E-state index in [4.69, 9.17) is 0 Å². The lowest BCUT2D eigenvalue weighted by molar-refractivity contribution is 0.141. The van der Waals surface area contributed by atoms with Gasteiger partial charge < -0.3 is 5.11 Å². The quantitative estimate of drug-likeness (QED) is 0.873. The van der Waals surface area contributed by atoms with E-state index in [0.717, 1.165) is 17.9 Å². The predicted octanol–water partition coefficient (Wildman–Crippen LogP) is 3.62. The summed E-state index contributed by atoms with van der Waals surface area (Å²) in [7, 11) is 0. The Hall–Kier alpha value is 0.01000. The molecule has 0 aliphatic carbocycles. The van der Waals surface area contributed by atoms with Gasteiger partial charge in [0.1, 0.15) is 0 Å². The fraction of sp³-hybridized carbons (Fsp3) is 0.667. The maximum absolute atomic E-state index is 10.1. The van der Waals surface area contributed by atoms with Gasteiger partial charge in [-0.1, -0.05) is 0 Å². The highest BCUT2D eigenvalue weighted by molar-refractivity contribution is 7.99. The molecule has 1 aromatic rings. The highest BCUT2D eigenvalue weighted by Crippen LogP contribution is 2.33. The highest BCUT2D eigenvalue weighted by atomic mass is 32.2. The number of rotatable bonds is 3. The van der Waals surface area contributed by atoms with Gasteiger partial charge in [-0.15, -0.1) is 11.3 Å². The molecular formula is C12H18OS2. The van der Waals surface area contributed by atoms with Crippen LogP contribution in [0.3, 0.4) is 0 Å². The van der Waals surface area contributed by atoms with Crippen LogP contribution >= 0.6 is 23.1 Å². The Morgan fingerprint density at radius 3 is 2.80 bits per heavy atom. The second kappa shape index (κ2) is 5.37. The van der Waals surface area contributed by atoms with E-state index in [1.807, 2.05) is 11.8 Å². The topological polar surface area (TPSA) is 20.2 Å². The Morgan fingerprint density at radius 1 is 1.47 bits per heavy atom. The van der Waals surface area contributed by atoms with Crippen molar-refractivity contribution in [2.75, 3.05) is 11.5 Å². The summed E-state index contributed by atoms with van der Waals surface area (Å²) >= 11 is 3.78. The SMILES string of the molecule is Cc1sccc1C(O)CC1CCSCC1. The summed E-state index contributed by atoms with van der Waals surface area (Å²) in [4.78, 5) is 1.27. The molecule has 1 nitrogen and oxygen atoms in total. The zero-order chi connectivity index (χ0) is 10.7. The molecule has 0 bridgehead atoms. The molecule has 15 heavy (non-hydrogen) atoms. The minimum absolute atomic E-state index is 0.232. The lowest BCUT2D eigenvalue weighted by Crippen LogP contribution is -2.13. The van der Waals surface area contributed by atoms with Crippen LogP contribution in [0.25, 0.3) is 0 Å². The van der Waals surface area contributed by atoms with Crippen LogP contribution in [0, 0.1) is 12.8 Å². The number of aliphatic hydroxyl groups is 1. The molecule has 0 amide bonds. The minimum Gasteiger partial charge on any atom is -0.388 e. The number of hydrogen-bond donors (Lipinski definition) is 1. The maximum Gasteiger partial charge on any atom is 0.0803 e. The fourth-order valence-electron chi connectivity index (χ4n) is 2.17. The standard InChI is InChI=1S/C12H18OS2/c1-9-11(4-7-15-9)12(13)8-10-2-5-14-6-3-10/h4,7,10,12-13H,2-3,5-6,8H2,1H3. The Bertz CT molecular complexity index is 302. The molecule has 1 atom stereocenters. The third-order valence-corrected chi connectivity index (χ3v) is 5.07. The van der Waals surface area contributed by atoms with Gasteiger partial charge >= 0.3 is 0 Å². The van der Waals surface area contributed by atoms with Gasteiger partial charge in [0.15, 0.2) is 0 Å². The zero-order valence-corrected chi connectivity index (χ0v) is 10.7. The number of thioether (sulfide) groups is 1. The summed E-state index contributed by atoms with van der Waals surface area (Å²) in [6.07, 6.45) is 3.29. The van der Waals surface area contributed by atoms with Crippen molar-refractivity contribution in [2.45, 2.75) is 32.3 Å². The Labute approximate surface area is 99.9 Å². The second-order valence-corrected chi connectivity index (χ2v) is 6.58. The van der Waals surface area contributed by atoms with Crippen molar-refractivity contribution in [3.05, 3.63) is 21.9 Å². The van der Waals surface area contributed by atoms with Crippen molar-refractivity contribution in [1.82, 2.24) is 0 Å². The first-order valence-corrected chi connectivity index (χ1v) is 7.60. The highest BCUT2D eigenvalue weighted by Gasteiger charge is 2.19.